The van der Waals surface area contributed by atoms with Crippen molar-refractivity contribution >= 4 is 17.8 Å². The summed E-state index contributed by atoms with van der Waals surface area (Å²) in [6, 6.07) is 4.94. The summed E-state index contributed by atoms with van der Waals surface area (Å²) < 4.78 is 0. The van der Waals surface area contributed by atoms with Crippen LogP contribution in [-0.4, -0.2) is 46.2 Å². The van der Waals surface area contributed by atoms with Crippen LogP contribution in [0.3, 0.4) is 0 Å². The van der Waals surface area contributed by atoms with Crippen LogP contribution in [0, 0.1) is 10.8 Å². The van der Waals surface area contributed by atoms with Crippen molar-refractivity contribution in [3.05, 3.63) is 30.0 Å². The fourth-order valence-corrected chi connectivity index (χ4v) is 5.29. The Kier molecular flexibility index (Phi) is 6.10. The predicted molar refractivity (Wildman–Crippen MR) is 112 cm³/mol. The van der Waals surface area contributed by atoms with Crippen LogP contribution < -0.4 is 10.8 Å². The van der Waals surface area contributed by atoms with Crippen LogP contribution in [-0.2, 0) is 4.79 Å². The van der Waals surface area contributed by atoms with Gasteiger partial charge in [-0.1, -0.05) is 27.7 Å². The first-order valence-corrected chi connectivity index (χ1v) is 10.2. The number of pyridine rings is 1. The first-order valence-electron chi connectivity index (χ1n) is 10.2. The van der Waals surface area contributed by atoms with E-state index in [0.29, 0.717) is 22.9 Å². The number of hydrogen-bond acceptors (Lipinski definition) is 5. The summed E-state index contributed by atoms with van der Waals surface area (Å²) in [5.41, 5.74) is 3.21. The molecule has 1 aromatic heterocycles. The highest BCUT2D eigenvalue weighted by Gasteiger charge is 2.42. The van der Waals surface area contributed by atoms with Gasteiger partial charge in [0.25, 0.3) is 5.91 Å². The van der Waals surface area contributed by atoms with E-state index >= 15 is 0 Å². The average Bonchev–Trinajstić information content (AvgIpc) is 3.07. The predicted octanol–water partition coefficient (Wildman–Crippen LogP) is 3.69. The molecule has 0 aromatic carbocycles. The Balaban J connectivity index is 1.55. The second-order valence-corrected chi connectivity index (χ2v) is 9.98. The van der Waals surface area contributed by atoms with Crippen LogP contribution >= 0.6 is 0 Å². The van der Waals surface area contributed by atoms with E-state index in [1.165, 1.54) is 25.3 Å². The Labute approximate surface area is 168 Å². The molecule has 2 aliphatic rings. The van der Waals surface area contributed by atoms with Gasteiger partial charge in [0.2, 0.25) is 0 Å². The van der Waals surface area contributed by atoms with Gasteiger partial charge in [-0.15, -0.1) is 0 Å². The fraction of sp³-hybridized carbons (Fsp3) is 0.636. The number of hydrogen-bond donors (Lipinski definition) is 3. The van der Waals surface area contributed by atoms with E-state index < -0.39 is 5.91 Å². The second-order valence-electron chi connectivity index (χ2n) is 9.98. The standard InChI is InChI=1S/C22H34N4O2/c1-21(2)11-18(12-22(3,4)15-21)26-10-9-17(14-26)24-19-7-5-16(13-23-19)6-8-20(27)25-28/h5-8,13,17-18,28H,9-12,14-15H2,1-4H3,(H,23,24)(H,25,27)/t17-/m1/s1. The molecule has 0 radical (unpaired) electrons. The number of aromatic nitrogens is 1. The Hall–Kier alpha value is -1.92. The lowest BCUT2D eigenvalue weighted by Gasteiger charge is -2.47. The van der Waals surface area contributed by atoms with E-state index in [4.69, 9.17) is 5.21 Å². The van der Waals surface area contributed by atoms with E-state index in [1.54, 1.807) is 17.8 Å². The molecule has 1 atom stereocenters. The Morgan fingerprint density at radius 1 is 1.25 bits per heavy atom. The van der Waals surface area contributed by atoms with Crippen molar-refractivity contribution in [2.24, 2.45) is 10.8 Å². The van der Waals surface area contributed by atoms with Crippen molar-refractivity contribution in [2.45, 2.75) is 65.5 Å². The minimum absolute atomic E-state index is 0.412. The third-order valence-corrected chi connectivity index (χ3v) is 5.95. The maximum Gasteiger partial charge on any atom is 0.267 e. The lowest BCUT2D eigenvalue weighted by Crippen LogP contribution is -2.46. The zero-order valence-electron chi connectivity index (χ0n) is 17.5. The second kappa shape index (κ2) is 8.21. The van der Waals surface area contributed by atoms with Gasteiger partial charge in [0.05, 0.1) is 0 Å². The van der Waals surface area contributed by atoms with Gasteiger partial charge < -0.3 is 5.32 Å². The van der Waals surface area contributed by atoms with Gasteiger partial charge in [0, 0.05) is 37.4 Å². The molecule has 1 aromatic rings. The zero-order valence-corrected chi connectivity index (χ0v) is 17.5. The van der Waals surface area contributed by atoms with E-state index in [1.807, 2.05) is 12.1 Å². The molecular formula is C22H34N4O2. The van der Waals surface area contributed by atoms with Crippen LogP contribution in [0.1, 0.15) is 58.9 Å². The molecule has 6 nitrogen and oxygen atoms in total. The van der Waals surface area contributed by atoms with E-state index in [2.05, 4.69) is 42.9 Å². The quantitative estimate of drug-likeness (QED) is 0.409. The summed E-state index contributed by atoms with van der Waals surface area (Å²) in [4.78, 5) is 18.2. The lowest BCUT2D eigenvalue weighted by atomic mass is 9.63. The number of amides is 1. The van der Waals surface area contributed by atoms with Gasteiger partial charge in [-0.25, -0.2) is 10.5 Å². The van der Waals surface area contributed by atoms with Crippen molar-refractivity contribution in [3.63, 3.8) is 0 Å². The number of carbonyl (C=O) groups is 1. The maximum absolute atomic E-state index is 11.0. The van der Waals surface area contributed by atoms with Gasteiger partial charge in [-0.2, -0.15) is 0 Å². The molecule has 154 valence electrons. The Morgan fingerprint density at radius 2 is 1.96 bits per heavy atom. The van der Waals surface area contributed by atoms with Crippen molar-refractivity contribution in [1.29, 1.82) is 0 Å². The summed E-state index contributed by atoms with van der Waals surface area (Å²) >= 11 is 0. The molecule has 0 spiro atoms. The molecule has 3 rings (SSSR count). The summed E-state index contributed by atoms with van der Waals surface area (Å²) in [7, 11) is 0. The topological polar surface area (TPSA) is 77.5 Å². The molecule has 3 N–H and O–H groups in total. The summed E-state index contributed by atoms with van der Waals surface area (Å²) in [6.45, 7) is 11.9. The highest BCUT2D eigenvalue weighted by molar-refractivity contribution is 5.90. The highest BCUT2D eigenvalue weighted by atomic mass is 16.5. The smallest absolute Gasteiger partial charge is 0.267 e. The number of nitrogens with one attached hydrogen (secondary N) is 2. The van der Waals surface area contributed by atoms with Gasteiger partial charge >= 0.3 is 0 Å². The minimum Gasteiger partial charge on any atom is -0.366 e. The molecule has 2 heterocycles. The van der Waals surface area contributed by atoms with Crippen molar-refractivity contribution in [2.75, 3.05) is 18.4 Å². The van der Waals surface area contributed by atoms with E-state index in [0.717, 1.165) is 30.9 Å². The van der Waals surface area contributed by atoms with E-state index in [9.17, 15) is 4.79 Å². The highest BCUT2D eigenvalue weighted by Crippen LogP contribution is 2.47. The number of rotatable bonds is 5. The van der Waals surface area contributed by atoms with E-state index in [-0.39, 0.29) is 0 Å². The number of carbonyl (C=O) groups excluding carboxylic acids is 1. The first-order chi connectivity index (χ1) is 13.2. The van der Waals surface area contributed by atoms with Crippen LogP contribution in [0.4, 0.5) is 5.82 Å². The molecule has 28 heavy (non-hydrogen) atoms. The molecule has 1 aliphatic carbocycles. The fourth-order valence-electron chi connectivity index (χ4n) is 5.29. The van der Waals surface area contributed by atoms with Crippen LogP contribution in [0.2, 0.25) is 0 Å². The van der Waals surface area contributed by atoms with Gasteiger partial charge in [0.15, 0.2) is 0 Å². The Morgan fingerprint density at radius 3 is 2.57 bits per heavy atom. The molecular weight excluding hydrogens is 352 g/mol. The molecule has 0 bridgehead atoms. The molecule has 1 saturated heterocycles. The summed E-state index contributed by atoms with van der Waals surface area (Å²) in [5.74, 6) is 0.308. The normalized spacial score (nSPS) is 25.1. The molecule has 2 fully saturated rings. The number of hydroxylamine groups is 1. The molecule has 6 heteroatoms. The monoisotopic (exact) mass is 386 g/mol. The number of anilines is 1. The molecule has 0 unspecified atom stereocenters. The summed E-state index contributed by atoms with van der Waals surface area (Å²) in [6.07, 6.45) is 9.61. The van der Waals surface area contributed by atoms with Gasteiger partial charge in [0.1, 0.15) is 5.82 Å². The maximum atomic E-state index is 11.0. The largest absolute Gasteiger partial charge is 0.366 e. The third-order valence-electron chi connectivity index (χ3n) is 5.95. The first kappa shape index (κ1) is 20.8. The molecule has 1 aliphatic heterocycles. The van der Waals surface area contributed by atoms with Crippen LogP contribution in [0.25, 0.3) is 6.08 Å². The lowest BCUT2D eigenvalue weighted by molar-refractivity contribution is -0.124. The average molecular weight is 387 g/mol. The van der Waals surface area contributed by atoms with Crippen LogP contribution in [0.15, 0.2) is 24.4 Å². The SMILES string of the molecule is CC1(C)CC(N2CC[C@@H](Nc3ccc(C=CC(=O)NO)cn3)C2)CC(C)(C)C1. The van der Waals surface area contributed by atoms with Crippen molar-refractivity contribution < 1.29 is 10.0 Å². The van der Waals surface area contributed by atoms with Crippen molar-refractivity contribution in [3.8, 4) is 0 Å². The molecule has 1 saturated carbocycles. The minimum atomic E-state index is -0.553. The zero-order chi connectivity index (χ0) is 20.4. The van der Waals surface area contributed by atoms with Gasteiger partial charge in [-0.3, -0.25) is 14.9 Å². The molecule has 1 amide bonds. The Bertz CT molecular complexity index is 696. The number of nitrogens with zero attached hydrogens (tertiary/aromatic N) is 2. The van der Waals surface area contributed by atoms with Crippen LogP contribution in [0.5, 0.6) is 0 Å². The third kappa shape index (κ3) is 5.55. The van der Waals surface area contributed by atoms with Gasteiger partial charge in [-0.05, 0) is 60.3 Å². The summed E-state index contributed by atoms with van der Waals surface area (Å²) in [5, 5.41) is 12.1. The van der Waals surface area contributed by atoms with Crippen molar-refractivity contribution in [1.82, 2.24) is 15.4 Å². The number of likely N-dealkylation sites (tertiary alicyclic amines) is 1.